The van der Waals surface area contributed by atoms with Crippen molar-refractivity contribution in [1.29, 1.82) is 0 Å². The number of likely N-dealkylation sites (N-methyl/N-ethyl adjacent to an activating group) is 1. The van der Waals surface area contributed by atoms with Gasteiger partial charge in [0.25, 0.3) is 5.91 Å². The lowest BCUT2D eigenvalue weighted by atomic mass is 9.95. The van der Waals surface area contributed by atoms with Gasteiger partial charge in [-0.15, -0.1) is 10.2 Å². The summed E-state index contributed by atoms with van der Waals surface area (Å²) in [6.07, 6.45) is 1.84. The minimum atomic E-state index is -0.0734. The van der Waals surface area contributed by atoms with Crippen molar-refractivity contribution in [3.8, 4) is 11.4 Å². The second-order valence-electron chi connectivity index (χ2n) is 6.77. The van der Waals surface area contributed by atoms with Crippen LogP contribution in [0.1, 0.15) is 23.2 Å². The number of carbonyl (C=O) groups is 2. The molecule has 5 rings (SSSR count). The van der Waals surface area contributed by atoms with Crippen molar-refractivity contribution >= 4 is 11.8 Å². The number of aromatic nitrogens is 4. The Morgan fingerprint density at radius 2 is 1.88 bits per heavy atom. The van der Waals surface area contributed by atoms with Crippen molar-refractivity contribution in [3.05, 3.63) is 29.8 Å². The van der Waals surface area contributed by atoms with Crippen LogP contribution >= 0.6 is 0 Å². The topological polar surface area (TPSA) is 84.2 Å². The molecule has 3 aliphatic heterocycles. The molecule has 0 spiro atoms. The molecule has 3 saturated heterocycles. The van der Waals surface area contributed by atoms with E-state index >= 15 is 0 Å². The summed E-state index contributed by atoms with van der Waals surface area (Å²) in [7, 11) is 3.55. The van der Waals surface area contributed by atoms with Crippen LogP contribution in [-0.4, -0.2) is 68.0 Å². The zero-order valence-electron chi connectivity index (χ0n) is 14.3. The zero-order chi connectivity index (χ0) is 17.6. The molecule has 3 fully saturated rings. The molecule has 2 amide bonds. The van der Waals surface area contributed by atoms with Gasteiger partial charge in [-0.3, -0.25) is 9.59 Å². The summed E-state index contributed by atoms with van der Waals surface area (Å²) in [5.41, 5.74) is 1.43. The molecule has 8 heteroatoms. The SMILES string of the molecule is CN1C(=O)[C@@H]2CC[C@H]1CN(C(=O)c1ccc(-c3nnn(C)n3)cc1)C2. The largest absolute Gasteiger partial charge is 0.341 e. The van der Waals surface area contributed by atoms with Crippen LogP contribution in [0.25, 0.3) is 11.4 Å². The molecule has 0 N–H and O–H groups in total. The number of carbonyl (C=O) groups excluding carboxylic acids is 2. The lowest BCUT2D eigenvalue weighted by molar-refractivity contribution is -0.138. The number of amides is 2. The smallest absolute Gasteiger partial charge is 0.253 e. The van der Waals surface area contributed by atoms with E-state index in [1.54, 1.807) is 19.2 Å². The van der Waals surface area contributed by atoms with Crippen LogP contribution in [0.2, 0.25) is 0 Å². The predicted molar refractivity (Wildman–Crippen MR) is 89.4 cm³/mol. The summed E-state index contributed by atoms with van der Waals surface area (Å²) in [4.78, 5) is 30.2. The maximum absolute atomic E-state index is 12.9. The Morgan fingerprint density at radius 1 is 1.12 bits per heavy atom. The molecule has 25 heavy (non-hydrogen) atoms. The summed E-state index contributed by atoms with van der Waals surface area (Å²) in [6.45, 7) is 1.11. The molecule has 2 atom stereocenters. The number of tetrazole rings is 1. The molecule has 130 valence electrons. The Labute approximate surface area is 145 Å². The Bertz CT molecular complexity index is 815. The summed E-state index contributed by atoms with van der Waals surface area (Å²) < 4.78 is 0. The molecule has 0 radical (unpaired) electrons. The molecule has 0 unspecified atom stereocenters. The molecule has 0 aliphatic carbocycles. The fraction of sp³-hybridized carbons (Fsp3) is 0.471. The standard InChI is InChI=1S/C17H20N6O2/c1-21-14-8-7-13(16(21)24)9-23(10-14)17(25)12-5-3-11(4-6-12)15-18-20-22(2)19-15/h3-6,13-14H,7-10H2,1-2H3/t13-,14+/m1/s1. The monoisotopic (exact) mass is 340 g/mol. The van der Waals surface area contributed by atoms with E-state index in [0.717, 1.165) is 18.4 Å². The summed E-state index contributed by atoms with van der Waals surface area (Å²) in [6, 6.07) is 7.35. The number of fused-ring (bicyclic) bond motifs is 4. The first-order valence-corrected chi connectivity index (χ1v) is 8.43. The van der Waals surface area contributed by atoms with Gasteiger partial charge >= 0.3 is 0 Å². The third kappa shape index (κ3) is 2.77. The van der Waals surface area contributed by atoms with Gasteiger partial charge < -0.3 is 9.80 Å². The second-order valence-corrected chi connectivity index (χ2v) is 6.77. The van der Waals surface area contributed by atoms with Crippen molar-refractivity contribution in [2.24, 2.45) is 13.0 Å². The normalized spacial score (nSPS) is 23.0. The minimum Gasteiger partial charge on any atom is -0.341 e. The number of piperidine rings is 1. The van der Waals surface area contributed by atoms with Crippen molar-refractivity contribution in [1.82, 2.24) is 30.0 Å². The van der Waals surface area contributed by atoms with E-state index in [9.17, 15) is 9.59 Å². The lowest BCUT2D eigenvalue weighted by Crippen LogP contribution is -2.45. The Hall–Kier alpha value is -2.77. The van der Waals surface area contributed by atoms with Crippen LogP contribution in [0, 0.1) is 5.92 Å². The van der Waals surface area contributed by atoms with E-state index in [1.807, 2.05) is 29.0 Å². The molecular weight excluding hydrogens is 320 g/mol. The quantitative estimate of drug-likeness (QED) is 0.798. The highest BCUT2D eigenvalue weighted by Gasteiger charge is 2.40. The van der Waals surface area contributed by atoms with E-state index in [0.29, 0.717) is 24.5 Å². The highest BCUT2D eigenvalue weighted by atomic mass is 16.2. The number of nitrogens with zero attached hydrogens (tertiary/aromatic N) is 6. The fourth-order valence-electron chi connectivity index (χ4n) is 3.67. The van der Waals surface area contributed by atoms with Gasteiger partial charge in [-0.05, 0) is 30.2 Å². The molecule has 3 aliphatic rings. The number of hydrogen-bond donors (Lipinski definition) is 0. The van der Waals surface area contributed by atoms with Crippen LogP contribution in [0.15, 0.2) is 24.3 Å². The number of rotatable bonds is 2. The average Bonchev–Trinajstić information content (AvgIpc) is 2.88. The van der Waals surface area contributed by atoms with Gasteiger partial charge in [0, 0.05) is 37.3 Å². The molecular formula is C17H20N6O2. The molecule has 0 saturated carbocycles. The van der Waals surface area contributed by atoms with Gasteiger partial charge in [-0.2, -0.15) is 4.80 Å². The highest BCUT2D eigenvalue weighted by molar-refractivity contribution is 5.95. The number of aryl methyl sites for hydroxylation is 1. The molecule has 4 heterocycles. The van der Waals surface area contributed by atoms with Crippen molar-refractivity contribution in [2.75, 3.05) is 20.1 Å². The third-order valence-electron chi connectivity index (χ3n) is 5.15. The van der Waals surface area contributed by atoms with Gasteiger partial charge in [0.15, 0.2) is 0 Å². The maximum Gasteiger partial charge on any atom is 0.253 e. The first-order chi connectivity index (χ1) is 12.0. The Morgan fingerprint density at radius 3 is 2.56 bits per heavy atom. The first-order valence-electron chi connectivity index (χ1n) is 8.43. The molecule has 2 bridgehead atoms. The first kappa shape index (κ1) is 15.7. The van der Waals surface area contributed by atoms with E-state index in [-0.39, 0.29) is 23.8 Å². The fourth-order valence-corrected chi connectivity index (χ4v) is 3.67. The summed E-state index contributed by atoms with van der Waals surface area (Å²) >= 11 is 0. The van der Waals surface area contributed by atoms with Crippen molar-refractivity contribution < 1.29 is 9.59 Å². The van der Waals surface area contributed by atoms with Gasteiger partial charge in [0.1, 0.15) is 0 Å². The zero-order valence-corrected chi connectivity index (χ0v) is 14.3. The van der Waals surface area contributed by atoms with Crippen LogP contribution in [0.5, 0.6) is 0 Å². The Kier molecular flexibility index (Phi) is 3.74. The number of benzene rings is 1. The predicted octanol–water partition coefficient (Wildman–Crippen LogP) is 0.570. The summed E-state index contributed by atoms with van der Waals surface area (Å²) in [5.74, 6) is 0.589. The molecule has 1 aromatic carbocycles. The van der Waals surface area contributed by atoms with E-state index in [1.165, 1.54) is 4.80 Å². The van der Waals surface area contributed by atoms with Crippen molar-refractivity contribution in [3.63, 3.8) is 0 Å². The highest BCUT2D eigenvalue weighted by Crippen LogP contribution is 2.29. The van der Waals surface area contributed by atoms with E-state index in [4.69, 9.17) is 0 Å². The van der Waals surface area contributed by atoms with Crippen LogP contribution in [0.4, 0.5) is 0 Å². The van der Waals surface area contributed by atoms with Gasteiger partial charge in [0.05, 0.1) is 13.0 Å². The number of hydrogen-bond acceptors (Lipinski definition) is 5. The van der Waals surface area contributed by atoms with Gasteiger partial charge in [-0.1, -0.05) is 12.1 Å². The van der Waals surface area contributed by atoms with E-state index < -0.39 is 0 Å². The molecule has 1 aromatic heterocycles. The van der Waals surface area contributed by atoms with Crippen LogP contribution in [0.3, 0.4) is 0 Å². The maximum atomic E-state index is 12.9. The summed E-state index contributed by atoms with van der Waals surface area (Å²) in [5, 5.41) is 11.9. The second kappa shape index (κ2) is 5.94. The Balaban J connectivity index is 1.54. The molecule has 2 aromatic rings. The van der Waals surface area contributed by atoms with Crippen LogP contribution < -0.4 is 0 Å². The van der Waals surface area contributed by atoms with Crippen LogP contribution in [-0.2, 0) is 11.8 Å². The average molecular weight is 340 g/mol. The van der Waals surface area contributed by atoms with Gasteiger partial charge in [0.2, 0.25) is 11.7 Å². The molecule has 8 nitrogen and oxygen atoms in total. The van der Waals surface area contributed by atoms with E-state index in [2.05, 4.69) is 15.4 Å². The minimum absolute atomic E-state index is 0.0290. The third-order valence-corrected chi connectivity index (χ3v) is 5.15. The van der Waals surface area contributed by atoms with Crippen molar-refractivity contribution in [2.45, 2.75) is 18.9 Å². The van der Waals surface area contributed by atoms with Gasteiger partial charge in [-0.25, -0.2) is 0 Å². The lowest BCUT2D eigenvalue weighted by Gasteiger charge is -2.32.